The molecule has 0 saturated carbocycles. The maximum atomic E-state index is 12.4. The number of nitrogens with zero attached hydrogens (tertiary/aromatic N) is 1. The summed E-state index contributed by atoms with van der Waals surface area (Å²) in [5.41, 5.74) is 6.33. The van der Waals surface area contributed by atoms with Gasteiger partial charge < -0.3 is 5.73 Å². The van der Waals surface area contributed by atoms with Crippen LogP contribution in [0.15, 0.2) is 56.7 Å². The number of benzene rings is 2. The number of nitriles is 1. The number of hydrogen-bond acceptors (Lipinski definition) is 3. The highest BCUT2D eigenvalue weighted by atomic mass is 79.9. The standard InChI is InChI=1S/C13H9BrN2OS/c14-9-3-1-4-10(7-9)18(17)13-6-2-5-12(16)11(13)8-15/h1-7H,16H2/t18-/m0/s1. The van der Waals surface area contributed by atoms with Gasteiger partial charge in [0.25, 0.3) is 0 Å². The van der Waals surface area contributed by atoms with E-state index < -0.39 is 10.8 Å². The zero-order valence-electron chi connectivity index (χ0n) is 9.26. The Morgan fingerprint density at radius 3 is 2.61 bits per heavy atom. The van der Waals surface area contributed by atoms with Crippen LogP contribution in [-0.4, -0.2) is 4.21 Å². The van der Waals surface area contributed by atoms with Gasteiger partial charge in [0.1, 0.15) is 6.07 Å². The molecule has 1 atom stereocenters. The Bertz CT molecular complexity index is 664. The Hall–Kier alpha value is -1.64. The van der Waals surface area contributed by atoms with E-state index in [1.54, 1.807) is 36.4 Å². The van der Waals surface area contributed by atoms with Gasteiger partial charge in [-0.1, -0.05) is 28.1 Å². The summed E-state index contributed by atoms with van der Waals surface area (Å²) >= 11 is 3.33. The minimum absolute atomic E-state index is 0.274. The Balaban J connectivity index is 2.54. The van der Waals surface area contributed by atoms with E-state index in [0.29, 0.717) is 15.5 Å². The van der Waals surface area contributed by atoms with E-state index >= 15 is 0 Å². The Labute approximate surface area is 116 Å². The van der Waals surface area contributed by atoms with Crippen LogP contribution in [0.1, 0.15) is 5.56 Å². The molecule has 0 fully saturated rings. The third-order valence-electron chi connectivity index (χ3n) is 2.38. The van der Waals surface area contributed by atoms with E-state index in [-0.39, 0.29) is 5.56 Å². The van der Waals surface area contributed by atoms with Crippen LogP contribution in [0.25, 0.3) is 0 Å². The fourth-order valence-corrected chi connectivity index (χ4v) is 3.32. The molecule has 0 aromatic heterocycles. The summed E-state index contributed by atoms with van der Waals surface area (Å²) < 4.78 is 13.3. The molecule has 0 saturated heterocycles. The monoisotopic (exact) mass is 320 g/mol. The van der Waals surface area contributed by atoms with Crippen LogP contribution in [0.2, 0.25) is 0 Å². The summed E-state index contributed by atoms with van der Waals surface area (Å²) in [5.74, 6) is 0. The molecule has 0 bridgehead atoms. The lowest BCUT2D eigenvalue weighted by atomic mass is 10.2. The zero-order valence-corrected chi connectivity index (χ0v) is 11.7. The van der Waals surface area contributed by atoms with Gasteiger partial charge in [0.2, 0.25) is 0 Å². The molecular weight excluding hydrogens is 312 g/mol. The third-order valence-corrected chi connectivity index (χ3v) is 4.30. The van der Waals surface area contributed by atoms with Crippen molar-refractivity contribution in [3.63, 3.8) is 0 Å². The largest absolute Gasteiger partial charge is 0.398 e. The van der Waals surface area contributed by atoms with Crippen molar-refractivity contribution < 1.29 is 4.21 Å². The molecule has 18 heavy (non-hydrogen) atoms. The molecule has 2 aromatic carbocycles. The molecule has 0 heterocycles. The molecule has 90 valence electrons. The molecule has 0 aliphatic carbocycles. The quantitative estimate of drug-likeness (QED) is 0.865. The Morgan fingerprint density at radius 2 is 1.94 bits per heavy atom. The summed E-state index contributed by atoms with van der Waals surface area (Å²) in [6.07, 6.45) is 0. The lowest BCUT2D eigenvalue weighted by Gasteiger charge is -2.06. The molecule has 0 radical (unpaired) electrons. The molecule has 0 amide bonds. The van der Waals surface area contributed by atoms with Crippen LogP contribution in [0.4, 0.5) is 5.69 Å². The number of rotatable bonds is 2. The molecule has 2 rings (SSSR count). The second-order valence-electron chi connectivity index (χ2n) is 3.56. The number of hydrogen-bond donors (Lipinski definition) is 1. The van der Waals surface area contributed by atoms with Gasteiger partial charge in [-0.25, -0.2) is 4.21 Å². The number of nitrogens with two attached hydrogens (primary N) is 1. The van der Waals surface area contributed by atoms with Crippen molar-refractivity contribution >= 4 is 32.4 Å². The molecule has 0 aliphatic heterocycles. The van der Waals surface area contributed by atoms with Gasteiger partial charge in [-0.2, -0.15) is 5.26 Å². The van der Waals surface area contributed by atoms with E-state index in [0.717, 1.165) is 4.47 Å². The summed E-state index contributed by atoms with van der Waals surface area (Å²) in [6, 6.07) is 14.2. The van der Waals surface area contributed by atoms with Crippen molar-refractivity contribution in [2.45, 2.75) is 9.79 Å². The highest BCUT2D eigenvalue weighted by molar-refractivity contribution is 9.10. The average Bonchev–Trinajstić information content (AvgIpc) is 2.37. The first kappa shape index (κ1) is 12.8. The summed E-state index contributed by atoms with van der Waals surface area (Å²) in [5, 5.41) is 9.08. The highest BCUT2D eigenvalue weighted by Crippen LogP contribution is 2.25. The maximum Gasteiger partial charge on any atom is 0.103 e. The van der Waals surface area contributed by atoms with Crippen LogP contribution >= 0.6 is 15.9 Å². The lowest BCUT2D eigenvalue weighted by Crippen LogP contribution is -2.00. The summed E-state index contributed by atoms with van der Waals surface area (Å²) in [7, 11) is -1.41. The molecule has 2 aromatic rings. The van der Waals surface area contributed by atoms with Crippen LogP contribution in [0.5, 0.6) is 0 Å². The van der Waals surface area contributed by atoms with E-state index in [2.05, 4.69) is 15.9 Å². The summed E-state index contributed by atoms with van der Waals surface area (Å²) in [6.45, 7) is 0. The van der Waals surface area contributed by atoms with Crippen molar-refractivity contribution in [1.82, 2.24) is 0 Å². The lowest BCUT2D eigenvalue weighted by molar-refractivity contribution is 0.683. The van der Waals surface area contributed by atoms with Crippen molar-refractivity contribution in [1.29, 1.82) is 5.26 Å². The van der Waals surface area contributed by atoms with Crippen molar-refractivity contribution in [3.05, 3.63) is 52.5 Å². The smallest absolute Gasteiger partial charge is 0.103 e. The van der Waals surface area contributed by atoms with Gasteiger partial charge in [0.05, 0.1) is 26.9 Å². The minimum Gasteiger partial charge on any atom is -0.398 e. The SMILES string of the molecule is N#Cc1c(N)cccc1[S@@](=O)c1cccc(Br)c1. The second-order valence-corrected chi connectivity index (χ2v) is 5.92. The van der Waals surface area contributed by atoms with Gasteiger partial charge >= 0.3 is 0 Å². The molecule has 3 nitrogen and oxygen atoms in total. The minimum atomic E-state index is -1.41. The van der Waals surface area contributed by atoms with Crippen LogP contribution < -0.4 is 5.73 Å². The van der Waals surface area contributed by atoms with E-state index in [4.69, 9.17) is 11.0 Å². The van der Waals surface area contributed by atoms with Crippen LogP contribution in [0, 0.1) is 11.3 Å². The fourth-order valence-electron chi connectivity index (χ4n) is 1.53. The summed E-state index contributed by atoms with van der Waals surface area (Å²) in [4.78, 5) is 1.07. The third kappa shape index (κ3) is 2.45. The van der Waals surface area contributed by atoms with Gasteiger partial charge in [-0.05, 0) is 30.3 Å². The predicted molar refractivity (Wildman–Crippen MR) is 74.4 cm³/mol. The highest BCUT2D eigenvalue weighted by Gasteiger charge is 2.14. The van der Waals surface area contributed by atoms with Crippen molar-refractivity contribution in [2.24, 2.45) is 0 Å². The average molecular weight is 321 g/mol. The van der Waals surface area contributed by atoms with Crippen molar-refractivity contribution in [2.75, 3.05) is 5.73 Å². The van der Waals surface area contributed by atoms with Gasteiger partial charge in [0.15, 0.2) is 0 Å². The number of nitrogen functional groups attached to an aromatic ring is 1. The molecule has 2 N–H and O–H groups in total. The topological polar surface area (TPSA) is 66.9 Å². The van der Waals surface area contributed by atoms with E-state index in [1.165, 1.54) is 0 Å². The number of anilines is 1. The maximum absolute atomic E-state index is 12.4. The number of halogens is 1. The van der Waals surface area contributed by atoms with E-state index in [9.17, 15) is 4.21 Å². The first-order valence-corrected chi connectivity index (χ1v) is 7.03. The molecule has 0 unspecified atom stereocenters. The Kier molecular flexibility index (Phi) is 3.80. The van der Waals surface area contributed by atoms with Crippen LogP contribution in [-0.2, 0) is 10.8 Å². The Morgan fingerprint density at radius 1 is 1.22 bits per heavy atom. The zero-order chi connectivity index (χ0) is 13.1. The van der Waals surface area contributed by atoms with Gasteiger partial charge in [-0.3, -0.25) is 0 Å². The van der Waals surface area contributed by atoms with Gasteiger partial charge in [-0.15, -0.1) is 0 Å². The molecule has 5 heteroatoms. The van der Waals surface area contributed by atoms with Crippen LogP contribution in [0.3, 0.4) is 0 Å². The molecule has 0 spiro atoms. The fraction of sp³-hybridized carbons (Fsp3) is 0. The first-order chi connectivity index (χ1) is 8.63. The predicted octanol–water partition coefficient (Wildman–Crippen LogP) is 3.07. The second kappa shape index (κ2) is 5.34. The normalized spacial score (nSPS) is 11.8. The molecular formula is C13H9BrN2OS. The first-order valence-electron chi connectivity index (χ1n) is 5.09. The van der Waals surface area contributed by atoms with Gasteiger partial charge in [0, 0.05) is 9.37 Å². The van der Waals surface area contributed by atoms with E-state index in [1.807, 2.05) is 12.1 Å². The molecule has 0 aliphatic rings. The van der Waals surface area contributed by atoms with Crippen molar-refractivity contribution in [3.8, 4) is 6.07 Å².